The Hall–Kier alpha value is -3.51. The van der Waals surface area contributed by atoms with Gasteiger partial charge in [0.25, 0.3) is 21.8 Å². The van der Waals surface area contributed by atoms with E-state index in [9.17, 15) is 26.8 Å². The molecule has 0 saturated carbocycles. The lowest BCUT2D eigenvalue weighted by Gasteiger charge is -2.13. The highest BCUT2D eigenvalue weighted by Gasteiger charge is 2.19. The van der Waals surface area contributed by atoms with E-state index in [0.29, 0.717) is 0 Å². The number of sulfonamides is 1. The van der Waals surface area contributed by atoms with Gasteiger partial charge in [-0.25, -0.2) is 8.42 Å². The monoisotopic (exact) mass is 467 g/mol. The van der Waals surface area contributed by atoms with Gasteiger partial charge < -0.3 is 4.74 Å². The highest BCUT2D eigenvalue weighted by Crippen LogP contribution is 2.22. The van der Waals surface area contributed by atoms with Crippen molar-refractivity contribution in [3.63, 3.8) is 0 Å². The van der Waals surface area contributed by atoms with Crippen molar-refractivity contribution in [2.24, 2.45) is 0 Å². The van der Waals surface area contributed by atoms with Gasteiger partial charge in [0.2, 0.25) is 0 Å². The van der Waals surface area contributed by atoms with Crippen LogP contribution in [0.3, 0.4) is 0 Å². The standard InChI is InChI=1S/C19H15F2N3O5S2/c20-19(21)29-13-9-7-12(8-10-13)17(25)22-23-18(26)14-4-1-2-5-15(14)24-31(27,28)16-6-3-11-30-16/h1-11,19,24H,(H,22,25)(H,23,26). The molecule has 2 amide bonds. The van der Waals surface area contributed by atoms with Crippen LogP contribution in [0.1, 0.15) is 20.7 Å². The molecular weight excluding hydrogens is 452 g/mol. The number of para-hydroxylation sites is 1. The molecule has 1 aromatic heterocycles. The number of thiophene rings is 1. The van der Waals surface area contributed by atoms with Gasteiger partial charge in [-0.05, 0) is 47.8 Å². The lowest BCUT2D eigenvalue weighted by Crippen LogP contribution is -2.41. The molecular formula is C19H15F2N3O5S2. The molecule has 0 unspecified atom stereocenters. The van der Waals surface area contributed by atoms with Gasteiger partial charge in [0, 0.05) is 5.56 Å². The topological polar surface area (TPSA) is 114 Å². The van der Waals surface area contributed by atoms with E-state index in [0.717, 1.165) is 11.3 Å². The summed E-state index contributed by atoms with van der Waals surface area (Å²) >= 11 is 1.02. The maximum atomic E-state index is 12.5. The smallest absolute Gasteiger partial charge is 0.387 e. The molecule has 3 N–H and O–H groups in total. The Balaban J connectivity index is 1.66. The van der Waals surface area contributed by atoms with Crippen LogP contribution >= 0.6 is 11.3 Å². The molecule has 0 fully saturated rings. The number of hydrogen-bond acceptors (Lipinski definition) is 6. The summed E-state index contributed by atoms with van der Waals surface area (Å²) in [5.74, 6) is -1.60. The van der Waals surface area contributed by atoms with Gasteiger partial charge >= 0.3 is 6.61 Å². The van der Waals surface area contributed by atoms with Gasteiger partial charge in [0.05, 0.1) is 11.3 Å². The highest BCUT2D eigenvalue weighted by atomic mass is 32.2. The number of ether oxygens (including phenoxy) is 1. The molecule has 0 saturated heterocycles. The summed E-state index contributed by atoms with van der Waals surface area (Å²) < 4.78 is 55.8. The molecule has 3 rings (SSSR count). The summed E-state index contributed by atoms with van der Waals surface area (Å²) in [6.07, 6.45) is 0. The van der Waals surface area contributed by atoms with Crippen LogP contribution in [0.25, 0.3) is 0 Å². The van der Waals surface area contributed by atoms with E-state index < -0.39 is 28.4 Å². The van der Waals surface area contributed by atoms with Crippen LogP contribution in [0.2, 0.25) is 0 Å². The molecule has 162 valence electrons. The minimum atomic E-state index is -3.88. The Morgan fingerprint density at radius 3 is 2.23 bits per heavy atom. The van der Waals surface area contributed by atoms with Crippen molar-refractivity contribution in [3.05, 3.63) is 77.2 Å². The molecule has 1 heterocycles. The number of carbonyl (C=O) groups is 2. The Kier molecular flexibility index (Phi) is 6.82. The van der Waals surface area contributed by atoms with Gasteiger partial charge in [-0.1, -0.05) is 18.2 Å². The summed E-state index contributed by atoms with van der Waals surface area (Å²) in [4.78, 5) is 24.6. The van der Waals surface area contributed by atoms with E-state index in [4.69, 9.17) is 0 Å². The number of amides is 2. The fourth-order valence-electron chi connectivity index (χ4n) is 2.42. The molecule has 0 spiro atoms. The zero-order chi connectivity index (χ0) is 22.4. The van der Waals surface area contributed by atoms with E-state index in [2.05, 4.69) is 20.3 Å². The number of hydrazine groups is 1. The number of halogens is 2. The van der Waals surface area contributed by atoms with Gasteiger partial charge in [-0.3, -0.25) is 25.2 Å². The van der Waals surface area contributed by atoms with Crippen molar-refractivity contribution in [3.8, 4) is 5.75 Å². The first-order valence-corrected chi connectivity index (χ1v) is 10.9. The lowest BCUT2D eigenvalue weighted by molar-refractivity contribution is -0.0498. The van der Waals surface area contributed by atoms with Crippen molar-refractivity contribution in [2.75, 3.05) is 4.72 Å². The average Bonchev–Trinajstić information content (AvgIpc) is 3.28. The van der Waals surface area contributed by atoms with Crippen molar-refractivity contribution >= 4 is 38.9 Å². The maximum Gasteiger partial charge on any atom is 0.387 e. The van der Waals surface area contributed by atoms with Gasteiger partial charge in [-0.15, -0.1) is 11.3 Å². The fraction of sp³-hybridized carbons (Fsp3) is 0.0526. The van der Waals surface area contributed by atoms with Crippen LogP contribution in [0.5, 0.6) is 5.75 Å². The molecule has 0 aliphatic carbocycles. The number of benzene rings is 2. The average molecular weight is 467 g/mol. The lowest BCUT2D eigenvalue weighted by atomic mass is 10.2. The summed E-state index contributed by atoms with van der Waals surface area (Å²) in [7, 11) is -3.88. The second kappa shape index (κ2) is 9.53. The van der Waals surface area contributed by atoms with E-state index >= 15 is 0 Å². The summed E-state index contributed by atoms with van der Waals surface area (Å²) in [6.45, 7) is -2.99. The van der Waals surface area contributed by atoms with Crippen molar-refractivity contribution < 1.29 is 31.5 Å². The summed E-state index contributed by atoms with van der Waals surface area (Å²) in [6, 6.07) is 13.7. The fourth-order valence-corrected chi connectivity index (χ4v) is 4.49. The zero-order valence-corrected chi connectivity index (χ0v) is 17.2. The van der Waals surface area contributed by atoms with E-state index in [-0.39, 0.29) is 26.8 Å². The third-order valence-corrected chi connectivity index (χ3v) is 6.57. The van der Waals surface area contributed by atoms with E-state index in [1.807, 2.05) is 0 Å². The molecule has 2 aromatic carbocycles. The molecule has 8 nitrogen and oxygen atoms in total. The maximum absolute atomic E-state index is 12.5. The molecule has 12 heteroatoms. The third-order valence-electron chi connectivity index (χ3n) is 3.81. The van der Waals surface area contributed by atoms with Crippen LogP contribution in [-0.4, -0.2) is 26.8 Å². The second-order valence-corrected chi connectivity index (χ2v) is 8.75. The Bertz CT molecular complexity index is 1170. The molecule has 31 heavy (non-hydrogen) atoms. The van der Waals surface area contributed by atoms with Gasteiger partial charge in [0.1, 0.15) is 9.96 Å². The molecule has 0 aliphatic rings. The van der Waals surface area contributed by atoms with E-state index in [1.165, 1.54) is 48.5 Å². The highest BCUT2D eigenvalue weighted by molar-refractivity contribution is 7.94. The van der Waals surface area contributed by atoms with Crippen molar-refractivity contribution in [1.29, 1.82) is 0 Å². The van der Waals surface area contributed by atoms with Crippen molar-refractivity contribution in [1.82, 2.24) is 10.9 Å². The number of anilines is 1. The Morgan fingerprint density at radius 1 is 0.903 bits per heavy atom. The van der Waals surface area contributed by atoms with Crippen LogP contribution in [0.15, 0.2) is 70.3 Å². The van der Waals surface area contributed by atoms with Crippen LogP contribution in [-0.2, 0) is 10.0 Å². The van der Waals surface area contributed by atoms with Crippen LogP contribution < -0.4 is 20.3 Å². The van der Waals surface area contributed by atoms with Gasteiger partial charge in [0.15, 0.2) is 0 Å². The molecule has 3 aromatic rings. The number of hydrogen-bond donors (Lipinski definition) is 3. The minimum Gasteiger partial charge on any atom is -0.435 e. The molecule has 0 radical (unpaired) electrons. The van der Waals surface area contributed by atoms with Crippen LogP contribution in [0.4, 0.5) is 14.5 Å². The Morgan fingerprint density at radius 2 is 1.58 bits per heavy atom. The first-order valence-electron chi connectivity index (χ1n) is 8.57. The Labute approximate surface area is 179 Å². The first-order chi connectivity index (χ1) is 14.8. The summed E-state index contributed by atoms with van der Waals surface area (Å²) in [5.41, 5.74) is 4.43. The number of alkyl halides is 2. The summed E-state index contributed by atoms with van der Waals surface area (Å²) in [5, 5.41) is 1.61. The zero-order valence-electron chi connectivity index (χ0n) is 15.5. The third kappa shape index (κ3) is 5.77. The van der Waals surface area contributed by atoms with Crippen LogP contribution in [0, 0.1) is 0 Å². The SMILES string of the molecule is O=C(NNC(=O)c1ccccc1NS(=O)(=O)c1cccs1)c1ccc(OC(F)F)cc1. The predicted molar refractivity (Wildman–Crippen MR) is 110 cm³/mol. The largest absolute Gasteiger partial charge is 0.435 e. The quantitative estimate of drug-likeness (QED) is 0.462. The minimum absolute atomic E-state index is 0.0242. The number of rotatable bonds is 7. The number of carbonyl (C=O) groups excluding carboxylic acids is 2. The number of nitrogens with one attached hydrogen (secondary N) is 3. The first kappa shape index (κ1) is 22.2. The molecule has 0 atom stereocenters. The normalized spacial score (nSPS) is 11.1. The van der Waals surface area contributed by atoms with Gasteiger partial charge in [-0.2, -0.15) is 8.78 Å². The second-order valence-electron chi connectivity index (χ2n) is 5.89. The van der Waals surface area contributed by atoms with Crippen molar-refractivity contribution in [2.45, 2.75) is 10.8 Å². The molecule has 0 bridgehead atoms. The van der Waals surface area contributed by atoms with E-state index in [1.54, 1.807) is 17.5 Å². The predicted octanol–water partition coefficient (Wildman–Crippen LogP) is 3.23. The molecule has 0 aliphatic heterocycles.